The SMILES string of the molecule is CCN(Cc1ccccc1)C(=O)CSCc1nc(N)nc(Nc2ccc(Cl)cc2)n1. The molecule has 1 aromatic heterocycles. The number of hydrogen-bond acceptors (Lipinski definition) is 7. The molecule has 0 aliphatic heterocycles. The van der Waals surface area contributed by atoms with Gasteiger partial charge >= 0.3 is 0 Å². The minimum atomic E-state index is 0.0768. The smallest absolute Gasteiger partial charge is 0.232 e. The van der Waals surface area contributed by atoms with E-state index in [1.807, 2.05) is 54.3 Å². The zero-order valence-electron chi connectivity index (χ0n) is 16.6. The van der Waals surface area contributed by atoms with Crippen molar-refractivity contribution in [3.8, 4) is 0 Å². The number of nitrogens with zero attached hydrogens (tertiary/aromatic N) is 4. The van der Waals surface area contributed by atoms with Crippen molar-refractivity contribution in [3.63, 3.8) is 0 Å². The molecule has 0 unspecified atom stereocenters. The van der Waals surface area contributed by atoms with Crippen LogP contribution in [-0.2, 0) is 17.1 Å². The number of anilines is 3. The maximum atomic E-state index is 12.6. The average molecular weight is 443 g/mol. The topological polar surface area (TPSA) is 97.0 Å². The summed E-state index contributed by atoms with van der Waals surface area (Å²) < 4.78 is 0. The summed E-state index contributed by atoms with van der Waals surface area (Å²) >= 11 is 7.35. The van der Waals surface area contributed by atoms with E-state index in [1.165, 1.54) is 11.8 Å². The number of halogens is 1. The van der Waals surface area contributed by atoms with Gasteiger partial charge in [0.2, 0.25) is 17.8 Å². The highest BCUT2D eigenvalue weighted by Gasteiger charge is 2.13. The number of thioether (sulfide) groups is 1. The van der Waals surface area contributed by atoms with Crippen LogP contribution in [0.2, 0.25) is 5.02 Å². The molecule has 0 saturated carbocycles. The van der Waals surface area contributed by atoms with Crippen LogP contribution in [0.25, 0.3) is 0 Å². The lowest BCUT2D eigenvalue weighted by Crippen LogP contribution is -2.31. The summed E-state index contributed by atoms with van der Waals surface area (Å²) in [6.45, 7) is 3.24. The number of nitrogens with one attached hydrogen (secondary N) is 1. The van der Waals surface area contributed by atoms with Crippen LogP contribution in [0.5, 0.6) is 0 Å². The van der Waals surface area contributed by atoms with Crippen LogP contribution in [-0.4, -0.2) is 38.1 Å². The molecule has 3 aromatic rings. The summed E-state index contributed by atoms with van der Waals surface area (Å²) in [6.07, 6.45) is 0. The third-order valence-electron chi connectivity index (χ3n) is 4.21. The van der Waals surface area contributed by atoms with Crippen LogP contribution in [0.3, 0.4) is 0 Å². The predicted molar refractivity (Wildman–Crippen MR) is 123 cm³/mol. The Bertz CT molecular complexity index is 971. The molecule has 0 aliphatic carbocycles. The quantitative estimate of drug-likeness (QED) is 0.514. The van der Waals surface area contributed by atoms with Crippen LogP contribution in [0.4, 0.5) is 17.6 Å². The first kappa shape index (κ1) is 21.9. The number of nitrogens with two attached hydrogens (primary N) is 1. The van der Waals surface area contributed by atoms with Crippen molar-refractivity contribution in [1.82, 2.24) is 19.9 Å². The molecule has 1 amide bonds. The van der Waals surface area contributed by atoms with Gasteiger partial charge in [0, 0.05) is 23.8 Å². The fourth-order valence-electron chi connectivity index (χ4n) is 2.72. The van der Waals surface area contributed by atoms with Gasteiger partial charge in [0.05, 0.1) is 11.5 Å². The molecule has 3 rings (SSSR count). The van der Waals surface area contributed by atoms with Crippen molar-refractivity contribution >= 4 is 46.9 Å². The monoisotopic (exact) mass is 442 g/mol. The van der Waals surface area contributed by atoms with Crippen molar-refractivity contribution in [2.45, 2.75) is 19.2 Å². The van der Waals surface area contributed by atoms with Gasteiger partial charge in [-0.3, -0.25) is 4.79 Å². The molecule has 0 bridgehead atoms. The average Bonchev–Trinajstić information content (AvgIpc) is 2.74. The molecule has 2 aromatic carbocycles. The highest BCUT2D eigenvalue weighted by molar-refractivity contribution is 7.99. The molecular formula is C21H23ClN6OS. The molecule has 0 atom stereocenters. The normalized spacial score (nSPS) is 10.6. The van der Waals surface area contributed by atoms with Crippen molar-refractivity contribution in [2.75, 3.05) is 23.3 Å². The summed E-state index contributed by atoms with van der Waals surface area (Å²) in [5.41, 5.74) is 7.72. The Morgan fingerprint density at radius 2 is 1.83 bits per heavy atom. The van der Waals surface area contributed by atoms with Crippen LogP contribution in [0.1, 0.15) is 18.3 Å². The van der Waals surface area contributed by atoms with Crippen LogP contribution in [0, 0.1) is 0 Å². The molecule has 0 saturated heterocycles. The first-order valence-electron chi connectivity index (χ1n) is 9.46. The number of benzene rings is 2. The van der Waals surface area contributed by atoms with Gasteiger partial charge in [-0.2, -0.15) is 15.0 Å². The highest BCUT2D eigenvalue weighted by Crippen LogP contribution is 2.18. The minimum Gasteiger partial charge on any atom is -0.368 e. The fourth-order valence-corrected chi connectivity index (χ4v) is 3.62. The Morgan fingerprint density at radius 3 is 2.53 bits per heavy atom. The summed E-state index contributed by atoms with van der Waals surface area (Å²) in [4.78, 5) is 27.1. The standard InChI is InChI=1S/C21H23ClN6OS/c1-2-28(12-15-6-4-3-5-7-15)19(29)14-30-13-18-25-20(23)27-21(26-18)24-17-10-8-16(22)9-11-17/h3-11H,2,12-14H2,1H3,(H3,23,24,25,26,27). The summed E-state index contributed by atoms with van der Waals surface area (Å²) in [5.74, 6) is 1.87. The predicted octanol–water partition coefficient (Wildman–Crippen LogP) is 4.13. The second kappa shape index (κ2) is 10.8. The van der Waals surface area contributed by atoms with Crippen molar-refractivity contribution in [1.29, 1.82) is 0 Å². The van der Waals surface area contributed by atoms with Gasteiger partial charge in [-0.25, -0.2) is 0 Å². The summed E-state index contributed by atoms with van der Waals surface area (Å²) in [7, 11) is 0. The first-order chi connectivity index (χ1) is 14.5. The zero-order valence-corrected chi connectivity index (χ0v) is 18.2. The fraction of sp³-hybridized carbons (Fsp3) is 0.238. The lowest BCUT2D eigenvalue weighted by Gasteiger charge is -2.20. The van der Waals surface area contributed by atoms with Crippen molar-refractivity contribution < 1.29 is 4.79 Å². The number of carbonyl (C=O) groups is 1. The molecule has 0 aliphatic rings. The molecular weight excluding hydrogens is 420 g/mol. The van der Waals surface area contributed by atoms with E-state index in [1.54, 1.807) is 12.1 Å². The molecule has 9 heteroatoms. The van der Waals surface area contributed by atoms with E-state index in [0.717, 1.165) is 11.3 Å². The maximum absolute atomic E-state index is 12.6. The van der Waals surface area contributed by atoms with Crippen LogP contribution < -0.4 is 11.1 Å². The second-order valence-corrected chi connectivity index (χ2v) is 7.87. The van der Waals surface area contributed by atoms with Gasteiger partial charge in [-0.05, 0) is 36.8 Å². The van der Waals surface area contributed by atoms with E-state index in [-0.39, 0.29) is 11.9 Å². The number of nitrogen functional groups attached to an aromatic ring is 1. The minimum absolute atomic E-state index is 0.0768. The van der Waals surface area contributed by atoms with E-state index in [0.29, 0.717) is 41.4 Å². The number of rotatable bonds is 9. The lowest BCUT2D eigenvalue weighted by molar-refractivity contribution is -0.128. The number of aromatic nitrogens is 3. The Hall–Kier alpha value is -2.84. The van der Waals surface area contributed by atoms with Gasteiger partial charge in [0.15, 0.2) is 0 Å². The zero-order chi connectivity index (χ0) is 21.3. The Labute approximate surface area is 185 Å². The van der Waals surface area contributed by atoms with E-state index in [4.69, 9.17) is 17.3 Å². The Kier molecular flexibility index (Phi) is 7.87. The van der Waals surface area contributed by atoms with E-state index in [9.17, 15) is 4.79 Å². The molecule has 156 valence electrons. The largest absolute Gasteiger partial charge is 0.368 e. The number of hydrogen-bond donors (Lipinski definition) is 2. The van der Waals surface area contributed by atoms with Crippen molar-refractivity contribution in [3.05, 3.63) is 71.0 Å². The Balaban J connectivity index is 1.55. The van der Waals surface area contributed by atoms with Gasteiger partial charge < -0.3 is 16.0 Å². The van der Waals surface area contributed by atoms with E-state index >= 15 is 0 Å². The van der Waals surface area contributed by atoms with Crippen molar-refractivity contribution in [2.24, 2.45) is 0 Å². The highest BCUT2D eigenvalue weighted by atomic mass is 35.5. The molecule has 0 spiro atoms. The summed E-state index contributed by atoms with van der Waals surface area (Å²) in [5, 5.41) is 3.73. The van der Waals surface area contributed by atoms with E-state index < -0.39 is 0 Å². The van der Waals surface area contributed by atoms with Gasteiger partial charge in [0.1, 0.15) is 5.82 Å². The molecule has 30 heavy (non-hydrogen) atoms. The number of carbonyl (C=O) groups excluding carboxylic acids is 1. The third-order valence-corrected chi connectivity index (χ3v) is 5.37. The summed E-state index contributed by atoms with van der Waals surface area (Å²) in [6, 6.07) is 17.1. The van der Waals surface area contributed by atoms with Gasteiger partial charge in [-0.15, -0.1) is 11.8 Å². The maximum Gasteiger partial charge on any atom is 0.232 e. The lowest BCUT2D eigenvalue weighted by atomic mass is 10.2. The third kappa shape index (κ3) is 6.60. The molecule has 3 N–H and O–H groups in total. The van der Waals surface area contributed by atoms with Gasteiger partial charge in [0.25, 0.3) is 0 Å². The molecule has 7 nitrogen and oxygen atoms in total. The van der Waals surface area contributed by atoms with Crippen LogP contribution >= 0.6 is 23.4 Å². The number of amides is 1. The molecule has 0 fully saturated rings. The first-order valence-corrected chi connectivity index (χ1v) is 11.0. The molecule has 0 radical (unpaired) electrons. The molecule has 1 heterocycles. The second-order valence-electron chi connectivity index (χ2n) is 6.45. The van der Waals surface area contributed by atoms with Crippen LogP contribution in [0.15, 0.2) is 54.6 Å². The van der Waals surface area contributed by atoms with E-state index in [2.05, 4.69) is 20.3 Å². The van der Waals surface area contributed by atoms with Gasteiger partial charge in [-0.1, -0.05) is 41.9 Å². The Morgan fingerprint density at radius 1 is 1.10 bits per heavy atom.